The van der Waals surface area contributed by atoms with Gasteiger partial charge in [0.1, 0.15) is 5.56 Å². The molecule has 1 aliphatic rings. The Morgan fingerprint density at radius 2 is 1.86 bits per heavy atom. The Balaban J connectivity index is 2.18. The highest BCUT2D eigenvalue weighted by Gasteiger charge is 2.28. The van der Waals surface area contributed by atoms with E-state index in [4.69, 9.17) is 5.11 Å². The number of hydrogen-bond donors (Lipinski definition) is 1. The molecule has 2 rings (SSSR count). The van der Waals surface area contributed by atoms with E-state index in [0.717, 1.165) is 0 Å². The van der Waals surface area contributed by atoms with Gasteiger partial charge in [0.05, 0.1) is 5.69 Å². The number of carboxylic acids is 1. The Labute approximate surface area is 128 Å². The number of likely N-dealkylation sites (tertiary alicyclic amines) is 1. The normalized spacial score (nSPS) is 15.9. The lowest BCUT2D eigenvalue weighted by Gasteiger charge is -2.31. The Morgan fingerprint density at radius 1 is 1.27 bits per heavy atom. The monoisotopic (exact) mass is 307 g/mol. The van der Waals surface area contributed by atoms with Crippen molar-refractivity contribution < 1.29 is 14.7 Å². The number of amides is 1. The van der Waals surface area contributed by atoms with E-state index in [1.807, 2.05) is 0 Å². The molecule has 1 aliphatic heterocycles. The van der Waals surface area contributed by atoms with Gasteiger partial charge in [0.2, 0.25) is 0 Å². The number of rotatable bonds is 3. The number of aryl methyl sites for hydroxylation is 2. The van der Waals surface area contributed by atoms with Crippen molar-refractivity contribution in [2.45, 2.75) is 33.1 Å². The van der Waals surface area contributed by atoms with E-state index in [1.165, 1.54) is 11.7 Å². The zero-order chi connectivity index (χ0) is 16.4. The van der Waals surface area contributed by atoms with Crippen molar-refractivity contribution in [1.29, 1.82) is 0 Å². The van der Waals surface area contributed by atoms with Crippen LogP contribution in [0.1, 0.15) is 40.9 Å². The lowest BCUT2D eigenvalue weighted by Crippen LogP contribution is -2.42. The van der Waals surface area contributed by atoms with E-state index in [1.54, 1.807) is 18.7 Å². The third-order valence-corrected chi connectivity index (χ3v) is 4.30. The third-order valence-electron chi connectivity index (χ3n) is 4.30. The average Bonchev–Trinajstić information content (AvgIpc) is 2.45. The summed E-state index contributed by atoms with van der Waals surface area (Å²) in [6, 6.07) is 0. The molecule has 1 amide bonds. The fraction of sp³-hybridized carbons (Fsp3) is 0.600. The summed E-state index contributed by atoms with van der Waals surface area (Å²) in [5.74, 6) is -0.985. The molecule has 0 saturated carbocycles. The standard InChI is InChI=1S/C15H21N3O4/c1-9-10(2)16-17(3)14(21)13(9)15(22)18-6-4-11(5-7-18)8-12(19)20/h11H,4-8H2,1-3H3,(H,19,20). The summed E-state index contributed by atoms with van der Waals surface area (Å²) >= 11 is 0. The molecular formula is C15H21N3O4. The quantitative estimate of drug-likeness (QED) is 0.888. The van der Waals surface area contributed by atoms with Crippen LogP contribution in [-0.4, -0.2) is 44.8 Å². The second kappa shape index (κ2) is 6.29. The summed E-state index contributed by atoms with van der Waals surface area (Å²) in [7, 11) is 1.53. The molecule has 1 aromatic rings. The van der Waals surface area contributed by atoms with E-state index >= 15 is 0 Å². The fourth-order valence-corrected chi connectivity index (χ4v) is 2.85. The van der Waals surface area contributed by atoms with Crippen molar-refractivity contribution in [1.82, 2.24) is 14.7 Å². The highest BCUT2D eigenvalue weighted by Crippen LogP contribution is 2.22. The summed E-state index contributed by atoms with van der Waals surface area (Å²) in [6.45, 7) is 4.47. The molecule has 1 aromatic heterocycles. The van der Waals surface area contributed by atoms with Gasteiger partial charge in [0.15, 0.2) is 0 Å². The van der Waals surface area contributed by atoms with Crippen molar-refractivity contribution in [3.05, 3.63) is 27.2 Å². The van der Waals surface area contributed by atoms with Crippen LogP contribution >= 0.6 is 0 Å². The van der Waals surface area contributed by atoms with Gasteiger partial charge in [-0.05, 0) is 38.2 Å². The molecule has 0 spiro atoms. The maximum atomic E-state index is 12.6. The average molecular weight is 307 g/mol. The summed E-state index contributed by atoms with van der Waals surface area (Å²) in [6.07, 6.45) is 1.44. The molecule has 0 aliphatic carbocycles. The molecule has 0 radical (unpaired) electrons. The van der Waals surface area contributed by atoms with Gasteiger partial charge in [-0.2, -0.15) is 5.10 Å². The van der Waals surface area contributed by atoms with Crippen LogP contribution in [0.4, 0.5) is 0 Å². The minimum Gasteiger partial charge on any atom is -0.481 e. The lowest BCUT2D eigenvalue weighted by atomic mass is 9.93. The zero-order valence-corrected chi connectivity index (χ0v) is 13.1. The first-order valence-corrected chi connectivity index (χ1v) is 7.36. The summed E-state index contributed by atoms with van der Waals surface area (Å²) in [4.78, 5) is 37.2. The van der Waals surface area contributed by atoms with Gasteiger partial charge in [0.25, 0.3) is 11.5 Å². The topological polar surface area (TPSA) is 92.5 Å². The van der Waals surface area contributed by atoms with Crippen molar-refractivity contribution in [2.24, 2.45) is 13.0 Å². The zero-order valence-electron chi connectivity index (χ0n) is 13.1. The Kier molecular flexibility index (Phi) is 4.63. The molecule has 0 bridgehead atoms. The van der Waals surface area contributed by atoms with Gasteiger partial charge in [0, 0.05) is 26.6 Å². The van der Waals surface area contributed by atoms with Crippen molar-refractivity contribution in [3.8, 4) is 0 Å². The first-order valence-electron chi connectivity index (χ1n) is 7.36. The van der Waals surface area contributed by atoms with Crippen molar-refractivity contribution in [3.63, 3.8) is 0 Å². The smallest absolute Gasteiger partial charge is 0.303 e. The first-order chi connectivity index (χ1) is 10.3. The van der Waals surface area contributed by atoms with E-state index in [0.29, 0.717) is 37.2 Å². The Bertz CT molecular complexity index is 657. The van der Waals surface area contributed by atoms with Crippen LogP contribution in [0.3, 0.4) is 0 Å². The van der Waals surface area contributed by atoms with Crippen LogP contribution in [0.5, 0.6) is 0 Å². The highest BCUT2D eigenvalue weighted by atomic mass is 16.4. The molecule has 1 fully saturated rings. The molecule has 7 heteroatoms. The van der Waals surface area contributed by atoms with Crippen LogP contribution in [0.25, 0.3) is 0 Å². The number of piperidine rings is 1. The van der Waals surface area contributed by atoms with Gasteiger partial charge >= 0.3 is 5.97 Å². The van der Waals surface area contributed by atoms with E-state index in [9.17, 15) is 14.4 Å². The third kappa shape index (κ3) is 3.18. The van der Waals surface area contributed by atoms with E-state index < -0.39 is 5.97 Å². The largest absolute Gasteiger partial charge is 0.481 e. The van der Waals surface area contributed by atoms with Crippen LogP contribution < -0.4 is 5.56 Å². The predicted molar refractivity (Wildman–Crippen MR) is 79.8 cm³/mol. The SMILES string of the molecule is Cc1nn(C)c(=O)c(C(=O)N2CCC(CC(=O)O)CC2)c1C. The fourth-order valence-electron chi connectivity index (χ4n) is 2.85. The highest BCUT2D eigenvalue weighted by molar-refractivity contribution is 5.95. The molecule has 0 atom stereocenters. The van der Waals surface area contributed by atoms with Crippen LogP contribution in [0.15, 0.2) is 4.79 Å². The molecule has 0 unspecified atom stereocenters. The van der Waals surface area contributed by atoms with Crippen LogP contribution in [0.2, 0.25) is 0 Å². The van der Waals surface area contributed by atoms with E-state index in [2.05, 4.69) is 5.10 Å². The van der Waals surface area contributed by atoms with Crippen LogP contribution in [0, 0.1) is 19.8 Å². The Morgan fingerprint density at radius 3 is 2.41 bits per heavy atom. The number of hydrogen-bond acceptors (Lipinski definition) is 4. The number of carboxylic acid groups (broad SMARTS) is 1. The van der Waals surface area contributed by atoms with Gasteiger partial charge < -0.3 is 10.0 Å². The number of aliphatic carboxylic acids is 1. The minimum atomic E-state index is -0.806. The number of nitrogens with zero attached hydrogens (tertiary/aromatic N) is 3. The van der Waals surface area contributed by atoms with Gasteiger partial charge in [-0.1, -0.05) is 0 Å². The number of aromatic nitrogens is 2. The molecule has 1 saturated heterocycles. The molecular weight excluding hydrogens is 286 g/mol. The summed E-state index contributed by atoms with van der Waals surface area (Å²) in [5.41, 5.74) is 1.06. The first kappa shape index (κ1) is 16.2. The Hall–Kier alpha value is -2.18. The second-order valence-corrected chi connectivity index (χ2v) is 5.85. The van der Waals surface area contributed by atoms with Gasteiger partial charge in [-0.25, -0.2) is 4.68 Å². The molecule has 1 N–H and O–H groups in total. The molecule has 2 heterocycles. The van der Waals surface area contributed by atoms with Crippen LogP contribution in [-0.2, 0) is 11.8 Å². The predicted octanol–water partition coefficient (Wildman–Crippen LogP) is 0.724. The van der Waals surface area contributed by atoms with Crippen molar-refractivity contribution >= 4 is 11.9 Å². The number of carbonyl (C=O) groups excluding carboxylic acids is 1. The van der Waals surface area contributed by atoms with E-state index in [-0.39, 0.29) is 29.4 Å². The lowest BCUT2D eigenvalue weighted by molar-refractivity contribution is -0.138. The maximum Gasteiger partial charge on any atom is 0.303 e. The number of carbonyl (C=O) groups is 2. The second-order valence-electron chi connectivity index (χ2n) is 5.85. The van der Waals surface area contributed by atoms with Crippen molar-refractivity contribution in [2.75, 3.05) is 13.1 Å². The minimum absolute atomic E-state index is 0.102. The maximum absolute atomic E-state index is 12.6. The molecule has 22 heavy (non-hydrogen) atoms. The summed E-state index contributed by atoms with van der Waals surface area (Å²) in [5, 5.41) is 12.9. The van der Waals surface area contributed by atoms with Gasteiger partial charge in [-0.15, -0.1) is 0 Å². The molecule has 7 nitrogen and oxygen atoms in total. The summed E-state index contributed by atoms with van der Waals surface area (Å²) < 4.78 is 1.19. The molecule has 0 aromatic carbocycles. The van der Waals surface area contributed by atoms with Gasteiger partial charge in [-0.3, -0.25) is 14.4 Å². The molecule has 120 valence electrons.